The van der Waals surface area contributed by atoms with Crippen molar-refractivity contribution in [3.8, 4) is 34.3 Å². The second kappa shape index (κ2) is 9.06. The van der Waals surface area contributed by atoms with E-state index in [0.717, 1.165) is 11.1 Å². The summed E-state index contributed by atoms with van der Waals surface area (Å²) >= 11 is 0. The Hall–Kier alpha value is -4.24. The van der Waals surface area contributed by atoms with Crippen LogP contribution < -0.4 is 4.74 Å². The number of carbonyl (C=O) groups excluding carboxylic acids is 1. The van der Waals surface area contributed by atoms with E-state index in [0.29, 0.717) is 28.5 Å². The van der Waals surface area contributed by atoms with Crippen molar-refractivity contribution in [2.45, 2.75) is 12.8 Å². The first kappa shape index (κ1) is 20.0. The van der Waals surface area contributed by atoms with Gasteiger partial charge in [0, 0.05) is 6.42 Å². The van der Waals surface area contributed by atoms with E-state index >= 15 is 0 Å². The largest absolute Gasteiger partial charge is 0.441 e. The lowest BCUT2D eigenvalue weighted by Crippen LogP contribution is -2.09. The number of halogens is 1. The molecule has 0 bridgehead atoms. The first-order valence-electron chi connectivity index (χ1n) is 9.63. The number of nitriles is 1. The maximum absolute atomic E-state index is 13.8. The van der Waals surface area contributed by atoms with E-state index < -0.39 is 11.8 Å². The summed E-state index contributed by atoms with van der Waals surface area (Å²) in [5.41, 5.74) is 2.84. The number of hydrogen-bond acceptors (Lipinski definition) is 5. The second-order valence-electron chi connectivity index (χ2n) is 6.79. The Balaban J connectivity index is 1.33. The van der Waals surface area contributed by atoms with Crippen LogP contribution in [-0.2, 0) is 11.2 Å². The van der Waals surface area contributed by atoms with Gasteiger partial charge in [0.25, 0.3) is 0 Å². The summed E-state index contributed by atoms with van der Waals surface area (Å²) in [7, 11) is 0. The summed E-state index contributed by atoms with van der Waals surface area (Å²) in [6.45, 7) is 0. The van der Waals surface area contributed by atoms with Crippen LogP contribution in [0.3, 0.4) is 0 Å². The fraction of sp³-hybridized carbons (Fsp3) is 0.0800. The number of benzene rings is 3. The van der Waals surface area contributed by atoms with E-state index in [9.17, 15) is 9.18 Å². The molecule has 31 heavy (non-hydrogen) atoms. The zero-order valence-electron chi connectivity index (χ0n) is 16.4. The Morgan fingerprint density at radius 1 is 1.00 bits per heavy atom. The lowest BCUT2D eigenvalue weighted by atomic mass is 10.0. The molecule has 0 spiro atoms. The summed E-state index contributed by atoms with van der Waals surface area (Å²) in [6, 6.07) is 22.7. The van der Waals surface area contributed by atoms with Crippen LogP contribution in [0.15, 0.2) is 83.4 Å². The SMILES string of the molecule is N#Cc1ccc(-c2ccc(OC(=O)CCc3ncc(-c4ccccc4F)o3)cc2)cc1. The molecule has 1 aromatic heterocycles. The first-order valence-corrected chi connectivity index (χ1v) is 9.63. The van der Waals surface area contributed by atoms with E-state index in [1.807, 2.05) is 24.3 Å². The first-order chi connectivity index (χ1) is 15.1. The average molecular weight is 412 g/mol. The van der Waals surface area contributed by atoms with Crippen LogP contribution in [0.25, 0.3) is 22.5 Å². The van der Waals surface area contributed by atoms with Crippen LogP contribution in [0.4, 0.5) is 4.39 Å². The summed E-state index contributed by atoms with van der Waals surface area (Å²) in [5, 5.41) is 8.88. The van der Waals surface area contributed by atoms with Gasteiger partial charge in [-0.3, -0.25) is 4.79 Å². The Morgan fingerprint density at radius 3 is 2.35 bits per heavy atom. The predicted molar refractivity (Wildman–Crippen MR) is 112 cm³/mol. The Kier molecular flexibility index (Phi) is 5.86. The van der Waals surface area contributed by atoms with Crippen molar-refractivity contribution >= 4 is 5.97 Å². The van der Waals surface area contributed by atoms with E-state index in [1.54, 1.807) is 42.5 Å². The van der Waals surface area contributed by atoms with Crippen molar-refractivity contribution < 1.29 is 18.3 Å². The topological polar surface area (TPSA) is 76.1 Å². The number of aromatic nitrogens is 1. The lowest BCUT2D eigenvalue weighted by Gasteiger charge is -2.06. The van der Waals surface area contributed by atoms with Crippen molar-refractivity contribution in [1.29, 1.82) is 5.26 Å². The molecule has 0 fully saturated rings. The number of carbonyl (C=O) groups is 1. The molecule has 0 atom stereocenters. The molecule has 3 aromatic carbocycles. The van der Waals surface area contributed by atoms with Gasteiger partial charge in [-0.2, -0.15) is 5.26 Å². The van der Waals surface area contributed by atoms with E-state index in [1.165, 1.54) is 12.3 Å². The van der Waals surface area contributed by atoms with Crippen molar-refractivity contribution in [3.63, 3.8) is 0 Å². The van der Waals surface area contributed by atoms with Crippen LogP contribution in [0, 0.1) is 17.1 Å². The smallest absolute Gasteiger partial charge is 0.311 e. The highest BCUT2D eigenvalue weighted by Gasteiger charge is 2.13. The summed E-state index contributed by atoms with van der Waals surface area (Å²) in [6.07, 6.45) is 1.77. The summed E-state index contributed by atoms with van der Waals surface area (Å²) in [5.74, 6) is 0.277. The highest BCUT2D eigenvalue weighted by Crippen LogP contribution is 2.25. The molecular weight excluding hydrogens is 395 g/mol. The maximum atomic E-state index is 13.8. The van der Waals surface area contributed by atoms with Crippen molar-refractivity contribution in [2.75, 3.05) is 0 Å². The molecule has 0 N–H and O–H groups in total. The minimum absolute atomic E-state index is 0.0780. The Bertz CT molecular complexity index is 1240. The molecule has 0 saturated carbocycles. The van der Waals surface area contributed by atoms with Gasteiger partial charge in [0.1, 0.15) is 11.6 Å². The number of aryl methyl sites for hydroxylation is 1. The van der Waals surface area contributed by atoms with Crippen LogP contribution in [0.1, 0.15) is 17.9 Å². The zero-order valence-corrected chi connectivity index (χ0v) is 16.4. The average Bonchev–Trinajstić information content (AvgIpc) is 3.27. The molecule has 5 nitrogen and oxygen atoms in total. The molecule has 4 rings (SSSR count). The number of nitrogens with zero attached hydrogens (tertiary/aromatic N) is 2. The van der Waals surface area contributed by atoms with Gasteiger partial charge in [0.2, 0.25) is 0 Å². The predicted octanol–water partition coefficient (Wildman–Crippen LogP) is 5.56. The van der Waals surface area contributed by atoms with E-state index in [4.69, 9.17) is 14.4 Å². The van der Waals surface area contributed by atoms with Gasteiger partial charge < -0.3 is 9.15 Å². The zero-order chi connectivity index (χ0) is 21.6. The fourth-order valence-corrected chi connectivity index (χ4v) is 3.06. The molecule has 0 unspecified atom stereocenters. The third-order valence-corrected chi connectivity index (χ3v) is 4.67. The fourth-order valence-electron chi connectivity index (χ4n) is 3.06. The van der Waals surface area contributed by atoms with Crippen molar-refractivity contribution in [3.05, 3.63) is 96.3 Å². The van der Waals surface area contributed by atoms with Gasteiger partial charge >= 0.3 is 5.97 Å². The number of oxazole rings is 1. The van der Waals surface area contributed by atoms with Gasteiger partial charge in [-0.25, -0.2) is 9.37 Å². The summed E-state index contributed by atoms with van der Waals surface area (Å²) in [4.78, 5) is 16.3. The normalized spacial score (nSPS) is 10.5. The maximum Gasteiger partial charge on any atom is 0.311 e. The third kappa shape index (κ3) is 4.85. The van der Waals surface area contributed by atoms with Crippen LogP contribution in [0.2, 0.25) is 0 Å². The highest BCUT2D eigenvalue weighted by molar-refractivity contribution is 5.73. The molecule has 4 aromatic rings. The molecule has 0 radical (unpaired) electrons. The van der Waals surface area contributed by atoms with Crippen molar-refractivity contribution in [1.82, 2.24) is 4.98 Å². The minimum atomic E-state index is -0.420. The van der Waals surface area contributed by atoms with Crippen LogP contribution in [-0.4, -0.2) is 11.0 Å². The molecule has 152 valence electrons. The molecular formula is C25H17FN2O3. The van der Waals surface area contributed by atoms with E-state index in [-0.39, 0.29) is 12.8 Å². The molecule has 6 heteroatoms. The Labute approximate surface area is 178 Å². The lowest BCUT2D eigenvalue weighted by molar-refractivity contribution is -0.134. The molecule has 0 amide bonds. The number of ether oxygens (including phenoxy) is 1. The Morgan fingerprint density at radius 2 is 1.68 bits per heavy atom. The second-order valence-corrected chi connectivity index (χ2v) is 6.79. The summed E-state index contributed by atoms with van der Waals surface area (Å²) < 4.78 is 24.8. The number of hydrogen-bond donors (Lipinski definition) is 0. The van der Waals surface area contributed by atoms with Gasteiger partial charge in [0.15, 0.2) is 11.7 Å². The minimum Gasteiger partial charge on any atom is -0.441 e. The van der Waals surface area contributed by atoms with Crippen molar-refractivity contribution in [2.24, 2.45) is 0 Å². The molecule has 0 saturated heterocycles. The molecule has 0 aliphatic heterocycles. The van der Waals surface area contributed by atoms with Gasteiger partial charge in [-0.1, -0.05) is 36.4 Å². The number of esters is 1. The molecule has 0 aliphatic rings. The molecule has 0 aliphatic carbocycles. The highest BCUT2D eigenvalue weighted by atomic mass is 19.1. The van der Waals surface area contributed by atoms with Crippen LogP contribution in [0.5, 0.6) is 5.75 Å². The standard InChI is InChI=1S/C25H17FN2O3/c26-22-4-2-1-3-21(22)23-16-28-24(31-23)13-14-25(29)30-20-11-9-19(10-12-20)18-7-5-17(15-27)6-8-18/h1-12,16H,13-14H2. The van der Waals surface area contributed by atoms with Crippen LogP contribution >= 0.6 is 0 Å². The monoisotopic (exact) mass is 412 g/mol. The number of rotatable bonds is 6. The molecule has 1 heterocycles. The van der Waals surface area contributed by atoms with Gasteiger partial charge in [-0.15, -0.1) is 0 Å². The van der Waals surface area contributed by atoms with E-state index in [2.05, 4.69) is 11.1 Å². The third-order valence-electron chi connectivity index (χ3n) is 4.67. The quantitative estimate of drug-likeness (QED) is 0.306. The van der Waals surface area contributed by atoms with Gasteiger partial charge in [-0.05, 0) is 47.5 Å². The van der Waals surface area contributed by atoms with Gasteiger partial charge in [0.05, 0.1) is 29.8 Å².